The van der Waals surface area contributed by atoms with Gasteiger partial charge in [0.1, 0.15) is 17.4 Å². The fourth-order valence-electron chi connectivity index (χ4n) is 3.31. The summed E-state index contributed by atoms with van der Waals surface area (Å²) in [5.41, 5.74) is 0.316. The minimum absolute atomic E-state index is 0.0972. The molecule has 1 amide bonds. The Hall–Kier alpha value is -3.16. The van der Waals surface area contributed by atoms with Crippen LogP contribution in [0.5, 0.6) is 5.75 Å². The quantitative estimate of drug-likeness (QED) is 0.623. The number of carbonyl (C=O) groups excluding carboxylic acids is 2. The van der Waals surface area contributed by atoms with Gasteiger partial charge in [-0.2, -0.15) is 10.1 Å². The molecule has 2 aromatic rings. The number of hydrogen-bond donors (Lipinski definition) is 0. The van der Waals surface area contributed by atoms with Crippen LogP contribution in [0.15, 0.2) is 47.6 Å². The molecule has 0 spiro atoms. The number of methoxy groups -OCH3 is 1. The smallest absolute Gasteiger partial charge is 0.273 e. The Balaban J connectivity index is 1.81. The highest BCUT2D eigenvalue weighted by Gasteiger charge is 2.40. The summed E-state index contributed by atoms with van der Waals surface area (Å²) in [7, 11) is 1.39. The summed E-state index contributed by atoms with van der Waals surface area (Å²) in [5.74, 6) is -5.81. The van der Waals surface area contributed by atoms with Gasteiger partial charge in [-0.3, -0.25) is 9.59 Å². The van der Waals surface area contributed by atoms with E-state index in [2.05, 4.69) is 5.10 Å². The van der Waals surface area contributed by atoms with Crippen molar-refractivity contribution >= 4 is 23.1 Å². The fraction of sp³-hybridized carbons (Fsp3) is 0.318. The second-order valence-corrected chi connectivity index (χ2v) is 7.04. The first-order chi connectivity index (χ1) is 14.2. The zero-order valence-electron chi connectivity index (χ0n) is 16.8. The maximum Gasteiger partial charge on any atom is 0.273 e. The second-order valence-electron chi connectivity index (χ2n) is 7.04. The molecule has 1 unspecified atom stereocenters. The van der Waals surface area contributed by atoms with Crippen molar-refractivity contribution in [3.05, 3.63) is 59.4 Å². The summed E-state index contributed by atoms with van der Waals surface area (Å²) >= 11 is 0. The summed E-state index contributed by atoms with van der Waals surface area (Å²) in [6.45, 7) is 2.88. The number of halogens is 3. The SMILES string of the molecule is CCC(F)(F)c1cccc(CC(=O)C2C(=O)N(c3ccc(OC)cc3F)N=C2C)c1. The number of nitrogens with zero attached hydrogens (tertiary/aromatic N) is 2. The summed E-state index contributed by atoms with van der Waals surface area (Å²) in [5, 5.41) is 4.90. The Morgan fingerprint density at radius 3 is 2.60 bits per heavy atom. The Labute approximate surface area is 172 Å². The van der Waals surface area contributed by atoms with Gasteiger partial charge in [0.25, 0.3) is 11.8 Å². The third-order valence-corrected chi connectivity index (χ3v) is 5.01. The Morgan fingerprint density at radius 2 is 1.97 bits per heavy atom. The number of carbonyl (C=O) groups is 2. The van der Waals surface area contributed by atoms with E-state index in [4.69, 9.17) is 4.74 Å². The molecule has 0 radical (unpaired) electrons. The second kappa shape index (κ2) is 8.30. The van der Waals surface area contributed by atoms with Crippen molar-refractivity contribution in [1.82, 2.24) is 0 Å². The molecule has 30 heavy (non-hydrogen) atoms. The molecule has 0 saturated carbocycles. The molecule has 158 valence electrons. The predicted molar refractivity (Wildman–Crippen MR) is 106 cm³/mol. The van der Waals surface area contributed by atoms with Gasteiger partial charge in [0.2, 0.25) is 0 Å². The van der Waals surface area contributed by atoms with Gasteiger partial charge in [0.15, 0.2) is 11.6 Å². The maximum atomic E-state index is 14.4. The van der Waals surface area contributed by atoms with Crippen molar-refractivity contribution in [2.45, 2.75) is 32.6 Å². The third kappa shape index (κ3) is 4.08. The van der Waals surface area contributed by atoms with Crippen molar-refractivity contribution in [3.63, 3.8) is 0 Å². The van der Waals surface area contributed by atoms with Crippen LogP contribution in [-0.2, 0) is 21.9 Å². The molecule has 0 bridgehead atoms. The summed E-state index contributed by atoms with van der Waals surface area (Å²) < 4.78 is 47.2. The lowest BCUT2D eigenvalue weighted by atomic mass is 9.92. The number of ketones is 1. The zero-order valence-corrected chi connectivity index (χ0v) is 16.8. The highest BCUT2D eigenvalue weighted by Crippen LogP contribution is 2.33. The standard InChI is InChI=1S/C22H21F3N2O3/c1-4-22(24,25)15-7-5-6-14(10-15)11-19(28)20-13(2)26-27(21(20)29)18-9-8-16(30-3)12-17(18)23/h5-10,12,20H,4,11H2,1-3H3. The predicted octanol–water partition coefficient (Wildman–Crippen LogP) is 4.49. The van der Waals surface area contributed by atoms with Crippen LogP contribution >= 0.6 is 0 Å². The Bertz CT molecular complexity index is 1020. The van der Waals surface area contributed by atoms with Gasteiger partial charge >= 0.3 is 0 Å². The molecule has 0 fully saturated rings. The van der Waals surface area contributed by atoms with E-state index in [9.17, 15) is 22.8 Å². The van der Waals surface area contributed by atoms with Crippen LogP contribution in [0.25, 0.3) is 0 Å². The normalized spacial score (nSPS) is 16.6. The van der Waals surface area contributed by atoms with Crippen LogP contribution in [0.2, 0.25) is 0 Å². The van der Waals surface area contributed by atoms with Crippen LogP contribution in [0, 0.1) is 11.7 Å². The van der Waals surface area contributed by atoms with Crippen molar-refractivity contribution in [3.8, 4) is 5.75 Å². The van der Waals surface area contributed by atoms with Crippen LogP contribution in [0.1, 0.15) is 31.4 Å². The molecule has 3 rings (SSSR count). The first kappa shape index (κ1) is 21.5. The highest BCUT2D eigenvalue weighted by atomic mass is 19.3. The molecular formula is C22H21F3N2O3. The monoisotopic (exact) mass is 418 g/mol. The van der Waals surface area contributed by atoms with Crippen LogP contribution in [0.4, 0.5) is 18.9 Å². The topological polar surface area (TPSA) is 59.0 Å². The van der Waals surface area contributed by atoms with E-state index in [0.29, 0.717) is 5.56 Å². The lowest BCUT2D eigenvalue weighted by Crippen LogP contribution is -2.34. The van der Waals surface area contributed by atoms with E-state index in [-0.39, 0.29) is 35.6 Å². The Morgan fingerprint density at radius 1 is 1.23 bits per heavy atom. The summed E-state index contributed by atoms with van der Waals surface area (Å²) in [4.78, 5) is 25.6. The molecule has 0 aliphatic carbocycles. The number of alkyl halides is 2. The number of benzene rings is 2. The van der Waals surface area contributed by atoms with Crippen LogP contribution in [0.3, 0.4) is 0 Å². The third-order valence-electron chi connectivity index (χ3n) is 5.01. The number of amides is 1. The van der Waals surface area contributed by atoms with Crippen LogP contribution in [-0.4, -0.2) is 24.5 Å². The average molecular weight is 418 g/mol. The van der Waals surface area contributed by atoms with Crippen molar-refractivity contribution in [2.75, 3.05) is 12.1 Å². The molecule has 0 N–H and O–H groups in total. The lowest BCUT2D eigenvalue weighted by Gasteiger charge is -2.16. The van der Waals surface area contributed by atoms with E-state index in [0.717, 1.165) is 11.1 Å². The van der Waals surface area contributed by atoms with Crippen molar-refractivity contribution < 1.29 is 27.5 Å². The van der Waals surface area contributed by atoms with Crippen LogP contribution < -0.4 is 9.75 Å². The van der Waals surface area contributed by atoms with E-state index >= 15 is 0 Å². The Kier molecular flexibility index (Phi) is 5.96. The number of anilines is 1. The van der Waals surface area contributed by atoms with Gasteiger partial charge in [-0.25, -0.2) is 13.2 Å². The molecule has 5 nitrogen and oxygen atoms in total. The highest BCUT2D eigenvalue weighted by molar-refractivity contribution is 6.27. The van der Waals surface area contributed by atoms with Gasteiger partial charge in [-0.1, -0.05) is 25.1 Å². The zero-order chi connectivity index (χ0) is 22.1. The molecule has 8 heteroatoms. The minimum atomic E-state index is -3.00. The summed E-state index contributed by atoms with van der Waals surface area (Å²) in [6, 6.07) is 9.52. The maximum absolute atomic E-state index is 14.4. The molecule has 1 aliphatic rings. The lowest BCUT2D eigenvalue weighted by molar-refractivity contribution is -0.128. The van der Waals surface area contributed by atoms with E-state index < -0.39 is 29.3 Å². The first-order valence-corrected chi connectivity index (χ1v) is 9.40. The molecule has 0 saturated heterocycles. The molecule has 1 atom stereocenters. The number of ether oxygens (including phenoxy) is 1. The number of Topliss-reactive ketones (excluding diaryl/α,β-unsaturated/α-hetero) is 1. The molecular weight excluding hydrogens is 397 g/mol. The van der Waals surface area contributed by atoms with Crippen molar-refractivity contribution in [1.29, 1.82) is 0 Å². The molecule has 1 heterocycles. The van der Waals surface area contributed by atoms with Gasteiger partial charge in [-0.15, -0.1) is 0 Å². The fourth-order valence-corrected chi connectivity index (χ4v) is 3.31. The first-order valence-electron chi connectivity index (χ1n) is 9.40. The van der Waals surface area contributed by atoms with Gasteiger partial charge in [-0.05, 0) is 30.7 Å². The van der Waals surface area contributed by atoms with E-state index in [1.807, 2.05) is 0 Å². The average Bonchev–Trinajstić information content (AvgIpc) is 3.01. The molecule has 1 aliphatic heterocycles. The number of hydrazone groups is 1. The molecule has 2 aromatic carbocycles. The molecule has 0 aromatic heterocycles. The van der Waals surface area contributed by atoms with Crippen molar-refractivity contribution in [2.24, 2.45) is 11.0 Å². The van der Waals surface area contributed by atoms with E-state index in [1.165, 1.54) is 51.3 Å². The minimum Gasteiger partial charge on any atom is -0.497 e. The summed E-state index contributed by atoms with van der Waals surface area (Å²) in [6.07, 6.45) is -0.574. The number of rotatable bonds is 7. The number of hydrogen-bond acceptors (Lipinski definition) is 4. The van der Waals surface area contributed by atoms with Gasteiger partial charge in [0, 0.05) is 24.5 Å². The van der Waals surface area contributed by atoms with Gasteiger partial charge < -0.3 is 4.74 Å². The van der Waals surface area contributed by atoms with Gasteiger partial charge in [0.05, 0.1) is 12.8 Å². The largest absolute Gasteiger partial charge is 0.497 e. The van der Waals surface area contributed by atoms with E-state index in [1.54, 1.807) is 6.07 Å².